The average molecular weight is 262 g/mol. The number of carbonyl (C=O) groups excluding carboxylic acids is 1. The highest BCUT2D eigenvalue weighted by Gasteiger charge is 2.42. The summed E-state index contributed by atoms with van der Waals surface area (Å²) in [5, 5.41) is 0. The maximum atomic E-state index is 13.0. The van der Waals surface area contributed by atoms with E-state index in [0.717, 1.165) is 6.07 Å². The molecule has 0 aliphatic carbocycles. The van der Waals surface area contributed by atoms with E-state index in [-0.39, 0.29) is 19.1 Å². The fourth-order valence-electron chi connectivity index (χ4n) is 1.63. The first kappa shape index (κ1) is 12.5. The second-order valence-corrected chi connectivity index (χ2v) is 3.44. The standard InChI is InChI=1S/C11H9F3O4/c1-2-16-10(15)6-3-4-7-9(18-5-17-7)8(6)11(12,13)14/h3-4H,2,5H2,1H3. The minimum atomic E-state index is -4.72. The molecule has 2 rings (SSSR count). The van der Waals surface area contributed by atoms with Crippen LogP contribution < -0.4 is 9.47 Å². The zero-order chi connectivity index (χ0) is 13.3. The number of hydrogen-bond acceptors (Lipinski definition) is 4. The number of benzene rings is 1. The number of alkyl halides is 3. The molecule has 7 heteroatoms. The van der Waals surface area contributed by atoms with Crippen LogP contribution >= 0.6 is 0 Å². The molecule has 0 bridgehead atoms. The van der Waals surface area contributed by atoms with Gasteiger partial charge in [0.1, 0.15) is 5.56 Å². The smallest absolute Gasteiger partial charge is 0.420 e. The maximum Gasteiger partial charge on any atom is 0.420 e. The van der Waals surface area contributed by atoms with Gasteiger partial charge in [-0.2, -0.15) is 13.2 Å². The predicted molar refractivity (Wildman–Crippen MR) is 53.5 cm³/mol. The van der Waals surface area contributed by atoms with Crippen LogP contribution in [0.5, 0.6) is 11.5 Å². The summed E-state index contributed by atoms with van der Waals surface area (Å²) in [6.07, 6.45) is -4.72. The average Bonchev–Trinajstić information content (AvgIpc) is 2.74. The predicted octanol–water partition coefficient (Wildman–Crippen LogP) is 2.61. The van der Waals surface area contributed by atoms with Crippen molar-refractivity contribution in [2.24, 2.45) is 0 Å². The van der Waals surface area contributed by atoms with Gasteiger partial charge in [-0.05, 0) is 19.1 Å². The van der Waals surface area contributed by atoms with Gasteiger partial charge in [0.05, 0.1) is 12.2 Å². The Morgan fingerprint density at radius 3 is 2.72 bits per heavy atom. The van der Waals surface area contributed by atoms with Crippen LogP contribution in [0.25, 0.3) is 0 Å². The summed E-state index contributed by atoms with van der Waals surface area (Å²) >= 11 is 0. The van der Waals surface area contributed by atoms with Crippen LogP contribution in [0.3, 0.4) is 0 Å². The van der Waals surface area contributed by atoms with Crippen molar-refractivity contribution < 1.29 is 32.2 Å². The van der Waals surface area contributed by atoms with E-state index in [1.165, 1.54) is 13.0 Å². The Balaban J connectivity index is 2.57. The van der Waals surface area contributed by atoms with E-state index in [9.17, 15) is 18.0 Å². The van der Waals surface area contributed by atoms with Crippen molar-refractivity contribution in [3.05, 3.63) is 23.3 Å². The van der Waals surface area contributed by atoms with Gasteiger partial charge in [0.2, 0.25) is 6.79 Å². The lowest BCUT2D eigenvalue weighted by Crippen LogP contribution is -2.16. The Labute approximate surface area is 100 Å². The highest BCUT2D eigenvalue weighted by Crippen LogP contribution is 2.46. The van der Waals surface area contributed by atoms with Gasteiger partial charge in [-0.15, -0.1) is 0 Å². The summed E-state index contributed by atoms with van der Waals surface area (Å²) < 4.78 is 53.1. The van der Waals surface area contributed by atoms with Gasteiger partial charge in [0, 0.05) is 0 Å². The monoisotopic (exact) mass is 262 g/mol. The molecule has 0 atom stereocenters. The first-order valence-corrected chi connectivity index (χ1v) is 5.12. The largest absolute Gasteiger partial charge is 0.462 e. The number of hydrogen-bond donors (Lipinski definition) is 0. The van der Waals surface area contributed by atoms with Crippen LogP contribution in [0.15, 0.2) is 12.1 Å². The quantitative estimate of drug-likeness (QED) is 0.768. The van der Waals surface area contributed by atoms with Crippen LogP contribution in [-0.2, 0) is 10.9 Å². The lowest BCUT2D eigenvalue weighted by atomic mass is 10.1. The Morgan fingerprint density at radius 2 is 2.11 bits per heavy atom. The SMILES string of the molecule is CCOC(=O)c1ccc2c(c1C(F)(F)F)OCO2. The zero-order valence-corrected chi connectivity index (χ0v) is 9.34. The third-order valence-corrected chi connectivity index (χ3v) is 2.32. The van der Waals surface area contributed by atoms with E-state index in [0.29, 0.717) is 0 Å². The molecule has 18 heavy (non-hydrogen) atoms. The number of esters is 1. The Bertz CT molecular complexity index is 482. The van der Waals surface area contributed by atoms with Crippen molar-refractivity contribution in [3.8, 4) is 11.5 Å². The van der Waals surface area contributed by atoms with E-state index >= 15 is 0 Å². The summed E-state index contributed by atoms with van der Waals surface area (Å²) in [5.74, 6) is -1.54. The molecule has 0 amide bonds. The van der Waals surface area contributed by atoms with Gasteiger partial charge >= 0.3 is 12.1 Å². The van der Waals surface area contributed by atoms with Crippen molar-refractivity contribution in [1.29, 1.82) is 0 Å². The Hall–Kier alpha value is -1.92. The molecule has 0 fully saturated rings. The fourth-order valence-corrected chi connectivity index (χ4v) is 1.63. The lowest BCUT2D eigenvalue weighted by molar-refractivity contribution is -0.139. The number of fused-ring (bicyclic) bond motifs is 1. The van der Waals surface area contributed by atoms with Gasteiger partial charge in [-0.25, -0.2) is 4.79 Å². The van der Waals surface area contributed by atoms with E-state index in [4.69, 9.17) is 9.47 Å². The van der Waals surface area contributed by atoms with Gasteiger partial charge in [-0.1, -0.05) is 0 Å². The summed E-state index contributed by atoms with van der Waals surface area (Å²) in [6.45, 7) is 1.20. The molecule has 4 nitrogen and oxygen atoms in total. The minimum absolute atomic E-state index is 0.00935. The molecule has 0 N–H and O–H groups in total. The van der Waals surface area contributed by atoms with E-state index in [1.807, 2.05) is 0 Å². The molecule has 0 aromatic heterocycles. The maximum absolute atomic E-state index is 13.0. The third-order valence-electron chi connectivity index (χ3n) is 2.32. The molecular formula is C11H9F3O4. The molecule has 0 radical (unpaired) electrons. The first-order chi connectivity index (χ1) is 8.45. The first-order valence-electron chi connectivity index (χ1n) is 5.12. The van der Waals surface area contributed by atoms with Gasteiger partial charge < -0.3 is 14.2 Å². The Morgan fingerprint density at radius 1 is 1.39 bits per heavy atom. The summed E-state index contributed by atoms with van der Waals surface area (Å²) in [5.41, 5.74) is -1.73. The van der Waals surface area contributed by atoms with Crippen LogP contribution in [0.1, 0.15) is 22.8 Å². The van der Waals surface area contributed by atoms with Gasteiger partial charge in [-0.3, -0.25) is 0 Å². The number of carbonyl (C=O) groups is 1. The van der Waals surface area contributed by atoms with Crippen LogP contribution in [-0.4, -0.2) is 19.4 Å². The molecule has 0 spiro atoms. The van der Waals surface area contributed by atoms with Crippen LogP contribution in [0, 0.1) is 0 Å². The lowest BCUT2D eigenvalue weighted by Gasteiger charge is -2.14. The molecule has 1 heterocycles. The zero-order valence-electron chi connectivity index (χ0n) is 9.34. The summed E-state index contributed by atoms with van der Waals surface area (Å²) in [7, 11) is 0. The normalized spacial score (nSPS) is 13.6. The molecule has 1 aromatic carbocycles. The molecule has 0 unspecified atom stereocenters. The number of rotatable bonds is 2. The van der Waals surface area contributed by atoms with Crippen molar-refractivity contribution in [1.82, 2.24) is 0 Å². The number of ether oxygens (including phenoxy) is 3. The van der Waals surface area contributed by atoms with Gasteiger partial charge in [0.15, 0.2) is 11.5 Å². The van der Waals surface area contributed by atoms with E-state index in [2.05, 4.69) is 4.74 Å². The highest BCUT2D eigenvalue weighted by atomic mass is 19.4. The van der Waals surface area contributed by atoms with Crippen molar-refractivity contribution in [2.45, 2.75) is 13.1 Å². The second kappa shape index (κ2) is 4.40. The minimum Gasteiger partial charge on any atom is -0.462 e. The Kier molecular flexibility index (Phi) is 3.06. The van der Waals surface area contributed by atoms with E-state index < -0.39 is 29.0 Å². The van der Waals surface area contributed by atoms with Crippen molar-refractivity contribution in [2.75, 3.05) is 13.4 Å². The molecule has 1 aliphatic heterocycles. The van der Waals surface area contributed by atoms with Gasteiger partial charge in [0.25, 0.3) is 0 Å². The number of halogens is 3. The molecule has 0 saturated carbocycles. The fraction of sp³-hybridized carbons (Fsp3) is 0.364. The molecule has 0 saturated heterocycles. The third kappa shape index (κ3) is 2.07. The molecule has 1 aromatic rings. The topological polar surface area (TPSA) is 44.8 Å². The van der Waals surface area contributed by atoms with Crippen LogP contribution in [0.2, 0.25) is 0 Å². The highest BCUT2D eigenvalue weighted by molar-refractivity contribution is 5.92. The van der Waals surface area contributed by atoms with Crippen LogP contribution in [0.4, 0.5) is 13.2 Å². The van der Waals surface area contributed by atoms with E-state index in [1.54, 1.807) is 0 Å². The molecule has 98 valence electrons. The van der Waals surface area contributed by atoms with Crippen molar-refractivity contribution >= 4 is 5.97 Å². The van der Waals surface area contributed by atoms with Crippen molar-refractivity contribution in [3.63, 3.8) is 0 Å². The summed E-state index contributed by atoms with van der Waals surface area (Å²) in [4.78, 5) is 11.5. The molecule has 1 aliphatic rings. The second-order valence-electron chi connectivity index (χ2n) is 3.44. The summed E-state index contributed by atoms with van der Waals surface area (Å²) in [6, 6.07) is 2.28. The molecular weight excluding hydrogens is 253 g/mol.